The number of aromatic nitrogens is 2. The lowest BCUT2D eigenvalue weighted by molar-refractivity contribution is -0.120. The molecule has 158 valence electrons. The normalized spacial score (nSPS) is 19.2. The maximum Gasteiger partial charge on any atom is 0.253 e. The van der Waals surface area contributed by atoms with Gasteiger partial charge in [0, 0.05) is 38.3 Å². The molecule has 2 aliphatic rings. The van der Waals surface area contributed by atoms with Gasteiger partial charge in [0.2, 0.25) is 5.91 Å². The Bertz CT molecular complexity index is 968. The molecule has 7 nitrogen and oxygen atoms in total. The monoisotopic (exact) mass is 407 g/mol. The maximum atomic E-state index is 13.0. The minimum Gasteiger partial charge on any atom is -0.345 e. The van der Waals surface area contributed by atoms with Crippen LogP contribution in [0.1, 0.15) is 49.4 Å². The lowest BCUT2D eigenvalue weighted by Crippen LogP contribution is -2.55. The van der Waals surface area contributed by atoms with Gasteiger partial charge in [0.05, 0.1) is 6.20 Å². The molecule has 0 radical (unpaired) electrons. The van der Waals surface area contributed by atoms with Crippen molar-refractivity contribution in [2.75, 3.05) is 30.9 Å². The molecule has 2 amide bonds. The Morgan fingerprint density at radius 1 is 1.23 bits per heavy atom. The molecule has 2 heterocycles. The molecule has 0 N–H and O–H groups in total. The predicted molar refractivity (Wildman–Crippen MR) is 118 cm³/mol. The van der Waals surface area contributed by atoms with Gasteiger partial charge in [0.25, 0.3) is 5.91 Å². The van der Waals surface area contributed by atoms with Crippen LogP contribution in [0.2, 0.25) is 0 Å². The third kappa shape index (κ3) is 3.42. The number of fused-ring (bicyclic) bond motifs is 1. The molecular weight excluding hydrogens is 378 g/mol. The average Bonchev–Trinajstić information content (AvgIpc) is 3.29. The number of carbonyl (C=O) groups excluding carboxylic acids is 2. The fourth-order valence-electron chi connectivity index (χ4n) is 4.57. The summed E-state index contributed by atoms with van der Waals surface area (Å²) in [7, 11) is 5.28. The van der Waals surface area contributed by atoms with Crippen LogP contribution in [0.25, 0.3) is 11.4 Å². The molecule has 4 rings (SSSR count). The Balaban J connectivity index is 1.80. The molecule has 7 heteroatoms. The van der Waals surface area contributed by atoms with E-state index < -0.39 is 0 Å². The van der Waals surface area contributed by atoms with E-state index in [1.165, 1.54) is 12.8 Å². The number of hydrogen-bond donors (Lipinski definition) is 0. The highest BCUT2D eigenvalue weighted by atomic mass is 16.2. The van der Waals surface area contributed by atoms with Crippen LogP contribution in [0.4, 0.5) is 11.5 Å². The van der Waals surface area contributed by atoms with Crippen molar-refractivity contribution in [3.05, 3.63) is 36.0 Å². The Morgan fingerprint density at radius 2 is 1.97 bits per heavy atom. The number of likely N-dealkylation sites (N-methyl/N-ethyl adjacent to an activating group) is 1. The van der Waals surface area contributed by atoms with Crippen molar-refractivity contribution in [1.29, 1.82) is 0 Å². The van der Waals surface area contributed by atoms with Crippen molar-refractivity contribution < 1.29 is 9.59 Å². The summed E-state index contributed by atoms with van der Waals surface area (Å²) in [5.41, 5.74) is 2.15. The van der Waals surface area contributed by atoms with E-state index in [1.54, 1.807) is 43.2 Å². The molecule has 1 saturated carbocycles. The quantitative estimate of drug-likeness (QED) is 0.777. The zero-order chi connectivity index (χ0) is 21.4. The summed E-state index contributed by atoms with van der Waals surface area (Å²) in [5.74, 6) is 1.44. The maximum absolute atomic E-state index is 13.0. The minimum absolute atomic E-state index is 0.0567. The molecule has 0 unspecified atom stereocenters. The van der Waals surface area contributed by atoms with E-state index in [4.69, 9.17) is 4.98 Å². The molecule has 1 atom stereocenters. The molecule has 0 spiro atoms. The largest absolute Gasteiger partial charge is 0.345 e. The third-order valence-electron chi connectivity index (χ3n) is 6.19. The summed E-state index contributed by atoms with van der Waals surface area (Å²) >= 11 is 0. The molecule has 1 aliphatic heterocycles. The zero-order valence-electron chi connectivity index (χ0n) is 18.1. The molecule has 1 aromatic carbocycles. The van der Waals surface area contributed by atoms with Gasteiger partial charge in [-0.05, 0) is 31.4 Å². The first-order chi connectivity index (χ1) is 14.4. The second-order valence-corrected chi connectivity index (χ2v) is 8.35. The molecular formula is C23H29N5O2. The van der Waals surface area contributed by atoms with Crippen molar-refractivity contribution in [3.8, 4) is 11.4 Å². The van der Waals surface area contributed by atoms with Gasteiger partial charge in [-0.1, -0.05) is 31.9 Å². The highest BCUT2D eigenvalue weighted by Gasteiger charge is 2.41. The van der Waals surface area contributed by atoms with Crippen LogP contribution in [-0.2, 0) is 4.79 Å². The van der Waals surface area contributed by atoms with Crippen LogP contribution in [0.3, 0.4) is 0 Å². The number of carbonyl (C=O) groups is 2. The second kappa shape index (κ2) is 8.05. The van der Waals surface area contributed by atoms with Crippen LogP contribution < -0.4 is 9.80 Å². The molecule has 1 fully saturated rings. The fraction of sp³-hybridized carbons (Fsp3) is 0.478. The van der Waals surface area contributed by atoms with Gasteiger partial charge in [-0.15, -0.1) is 0 Å². The first kappa shape index (κ1) is 20.3. The number of benzene rings is 1. The molecule has 1 aromatic heterocycles. The second-order valence-electron chi connectivity index (χ2n) is 8.35. The lowest BCUT2D eigenvalue weighted by Gasteiger charge is -2.43. The number of rotatable bonds is 4. The van der Waals surface area contributed by atoms with Crippen molar-refractivity contribution in [2.24, 2.45) is 0 Å². The smallest absolute Gasteiger partial charge is 0.253 e. The van der Waals surface area contributed by atoms with Crippen LogP contribution in [-0.4, -0.2) is 59.9 Å². The molecule has 0 bridgehead atoms. The van der Waals surface area contributed by atoms with E-state index in [-0.39, 0.29) is 17.9 Å². The minimum atomic E-state index is -0.199. The topological polar surface area (TPSA) is 69.6 Å². The molecule has 1 aliphatic carbocycles. The summed E-state index contributed by atoms with van der Waals surface area (Å²) in [6.07, 6.45) is 7.01. The predicted octanol–water partition coefficient (Wildman–Crippen LogP) is 3.35. The highest BCUT2D eigenvalue weighted by Crippen LogP contribution is 2.40. The van der Waals surface area contributed by atoms with Gasteiger partial charge < -0.3 is 14.7 Å². The molecule has 30 heavy (non-hydrogen) atoms. The van der Waals surface area contributed by atoms with Crippen LogP contribution in [0, 0.1) is 0 Å². The van der Waals surface area contributed by atoms with Crippen LogP contribution in [0.5, 0.6) is 0 Å². The van der Waals surface area contributed by atoms with Crippen LogP contribution in [0.15, 0.2) is 30.5 Å². The Hall–Kier alpha value is -2.96. The van der Waals surface area contributed by atoms with Gasteiger partial charge in [-0.2, -0.15) is 0 Å². The fourth-order valence-corrected chi connectivity index (χ4v) is 4.57. The van der Waals surface area contributed by atoms with Gasteiger partial charge in [0.1, 0.15) is 11.7 Å². The number of anilines is 2. The standard InChI is InChI=1S/C23H29N5O2/c1-5-18-23(30)27(4)19-14-24-20(25-21(19)28(18)17-11-6-7-12-17)15-9-8-10-16(13-15)22(29)26(2)3/h8-10,13-14,17-18H,5-7,11-12H2,1-4H3/t18-/m1/s1. The van der Waals surface area contributed by atoms with Gasteiger partial charge in [0.15, 0.2) is 11.6 Å². The number of amides is 2. The Labute approximate surface area is 177 Å². The summed E-state index contributed by atoms with van der Waals surface area (Å²) < 4.78 is 0. The van der Waals surface area contributed by atoms with E-state index in [9.17, 15) is 9.59 Å². The van der Waals surface area contributed by atoms with Gasteiger partial charge >= 0.3 is 0 Å². The lowest BCUT2D eigenvalue weighted by atomic mass is 10.0. The summed E-state index contributed by atoms with van der Waals surface area (Å²) in [6.45, 7) is 2.06. The van der Waals surface area contributed by atoms with Gasteiger partial charge in [-0.3, -0.25) is 9.59 Å². The third-order valence-corrected chi connectivity index (χ3v) is 6.19. The first-order valence-electron chi connectivity index (χ1n) is 10.7. The molecule has 2 aromatic rings. The van der Waals surface area contributed by atoms with Crippen LogP contribution >= 0.6 is 0 Å². The van der Waals surface area contributed by atoms with Crippen molar-refractivity contribution >= 4 is 23.3 Å². The number of nitrogens with zero attached hydrogens (tertiary/aromatic N) is 5. The average molecular weight is 408 g/mol. The summed E-state index contributed by atoms with van der Waals surface area (Å²) in [6, 6.07) is 7.54. The Kier molecular flexibility index (Phi) is 5.45. The number of hydrogen-bond acceptors (Lipinski definition) is 5. The van der Waals surface area contributed by atoms with Crippen molar-refractivity contribution in [1.82, 2.24) is 14.9 Å². The Morgan fingerprint density at radius 3 is 2.63 bits per heavy atom. The van der Waals surface area contributed by atoms with E-state index in [2.05, 4.69) is 16.8 Å². The molecule has 0 saturated heterocycles. The van der Waals surface area contributed by atoms with Gasteiger partial charge in [-0.25, -0.2) is 9.97 Å². The summed E-state index contributed by atoms with van der Waals surface area (Å²) in [5, 5.41) is 0. The zero-order valence-corrected chi connectivity index (χ0v) is 18.1. The highest BCUT2D eigenvalue weighted by molar-refractivity contribution is 6.04. The van der Waals surface area contributed by atoms with E-state index in [0.717, 1.165) is 36.3 Å². The SMILES string of the molecule is CC[C@@H]1C(=O)N(C)c2cnc(-c3cccc(C(=O)N(C)C)c3)nc2N1C1CCCC1. The van der Waals surface area contributed by atoms with E-state index in [1.807, 2.05) is 18.2 Å². The summed E-state index contributed by atoms with van der Waals surface area (Å²) in [4.78, 5) is 40.4. The van der Waals surface area contributed by atoms with Crippen molar-refractivity contribution in [3.63, 3.8) is 0 Å². The first-order valence-corrected chi connectivity index (χ1v) is 10.7. The van der Waals surface area contributed by atoms with E-state index >= 15 is 0 Å². The van der Waals surface area contributed by atoms with Crippen molar-refractivity contribution in [2.45, 2.75) is 51.1 Å². The van der Waals surface area contributed by atoms with E-state index in [0.29, 0.717) is 17.4 Å².